The summed E-state index contributed by atoms with van der Waals surface area (Å²) in [5.41, 5.74) is 3.27. The zero-order chi connectivity index (χ0) is 16.1. The summed E-state index contributed by atoms with van der Waals surface area (Å²) in [6.07, 6.45) is 2.75. The minimum Gasteiger partial charge on any atom is -0.374 e. The lowest BCUT2D eigenvalue weighted by Gasteiger charge is -2.15. The van der Waals surface area contributed by atoms with E-state index < -0.39 is 0 Å². The fraction of sp³-hybridized carbons (Fsp3) is 0.211. The summed E-state index contributed by atoms with van der Waals surface area (Å²) < 4.78 is 0. The maximum atomic E-state index is 12.2. The molecule has 4 heteroatoms. The van der Waals surface area contributed by atoms with Crippen LogP contribution in [0.5, 0.6) is 0 Å². The highest BCUT2D eigenvalue weighted by Crippen LogP contribution is 2.18. The quantitative estimate of drug-likeness (QED) is 0.654. The number of nitrogens with one attached hydrogen (secondary N) is 3. The van der Waals surface area contributed by atoms with Crippen LogP contribution in [0.2, 0.25) is 0 Å². The average molecular weight is 307 g/mol. The molecule has 0 saturated heterocycles. The molecule has 0 aliphatic heterocycles. The Morgan fingerprint density at radius 3 is 2.78 bits per heavy atom. The van der Waals surface area contributed by atoms with E-state index >= 15 is 0 Å². The van der Waals surface area contributed by atoms with Crippen molar-refractivity contribution in [3.05, 3.63) is 66.4 Å². The first-order valence-electron chi connectivity index (χ1n) is 7.88. The molecule has 3 N–H and O–H groups in total. The number of anilines is 1. The van der Waals surface area contributed by atoms with E-state index in [-0.39, 0.29) is 11.9 Å². The minimum absolute atomic E-state index is 0.00935. The van der Waals surface area contributed by atoms with Gasteiger partial charge in [-0.25, -0.2) is 0 Å². The fourth-order valence-electron chi connectivity index (χ4n) is 2.59. The van der Waals surface area contributed by atoms with Crippen molar-refractivity contribution in [3.8, 4) is 0 Å². The zero-order valence-corrected chi connectivity index (χ0v) is 13.2. The third kappa shape index (κ3) is 3.92. The number of aromatic amines is 1. The molecule has 0 aliphatic rings. The predicted octanol–water partition coefficient (Wildman–Crippen LogP) is 3.33. The molecule has 0 spiro atoms. The van der Waals surface area contributed by atoms with E-state index in [1.165, 1.54) is 5.56 Å². The van der Waals surface area contributed by atoms with E-state index in [2.05, 4.69) is 27.8 Å². The van der Waals surface area contributed by atoms with E-state index in [1.54, 1.807) is 0 Å². The van der Waals surface area contributed by atoms with Crippen molar-refractivity contribution in [3.63, 3.8) is 0 Å². The van der Waals surface area contributed by atoms with Crippen molar-refractivity contribution in [2.75, 3.05) is 11.9 Å². The molecule has 1 aromatic heterocycles. The minimum atomic E-state index is -0.276. The highest BCUT2D eigenvalue weighted by atomic mass is 16.2. The standard InChI is InChI=1S/C19H21N3O/c1-14(19(23)21-11-9-15-5-3-2-4-6-15)22-17-7-8-18-16(13-17)10-12-20-18/h2-8,10,12-14,20,22H,9,11H2,1H3,(H,21,23)/t14-/m1/s1. The molecule has 2 aromatic carbocycles. The number of hydrogen-bond acceptors (Lipinski definition) is 2. The monoisotopic (exact) mass is 307 g/mol. The SMILES string of the molecule is C[C@@H](Nc1ccc2[nH]ccc2c1)C(=O)NCCc1ccccc1. The number of amides is 1. The van der Waals surface area contributed by atoms with Crippen molar-refractivity contribution in [2.24, 2.45) is 0 Å². The number of carbonyl (C=O) groups is 1. The Labute approximate surface area is 135 Å². The fourth-order valence-corrected chi connectivity index (χ4v) is 2.59. The molecule has 0 saturated carbocycles. The molecule has 1 amide bonds. The summed E-state index contributed by atoms with van der Waals surface area (Å²) in [6.45, 7) is 2.52. The van der Waals surface area contributed by atoms with Gasteiger partial charge < -0.3 is 15.6 Å². The van der Waals surface area contributed by atoms with Crippen LogP contribution in [0.4, 0.5) is 5.69 Å². The highest BCUT2D eigenvalue weighted by Gasteiger charge is 2.12. The summed E-state index contributed by atoms with van der Waals surface area (Å²) >= 11 is 0. The Kier molecular flexibility index (Phi) is 4.62. The molecule has 1 atom stereocenters. The number of benzene rings is 2. The first kappa shape index (κ1) is 15.2. The molecule has 4 nitrogen and oxygen atoms in total. The van der Waals surface area contributed by atoms with Gasteiger partial charge in [0.1, 0.15) is 6.04 Å². The van der Waals surface area contributed by atoms with Gasteiger partial charge in [0.2, 0.25) is 5.91 Å². The van der Waals surface area contributed by atoms with Crippen molar-refractivity contribution >= 4 is 22.5 Å². The number of fused-ring (bicyclic) bond motifs is 1. The smallest absolute Gasteiger partial charge is 0.242 e. The molecular weight excluding hydrogens is 286 g/mol. The summed E-state index contributed by atoms with van der Waals surface area (Å²) in [7, 11) is 0. The van der Waals surface area contributed by atoms with E-state index in [0.29, 0.717) is 6.54 Å². The van der Waals surface area contributed by atoms with Gasteiger partial charge in [0.05, 0.1) is 0 Å². The van der Waals surface area contributed by atoms with E-state index in [4.69, 9.17) is 0 Å². The summed E-state index contributed by atoms with van der Waals surface area (Å²) in [6, 6.07) is 17.9. The number of hydrogen-bond donors (Lipinski definition) is 3. The third-order valence-corrected chi connectivity index (χ3v) is 3.89. The second-order valence-corrected chi connectivity index (χ2v) is 5.67. The molecule has 1 heterocycles. The van der Waals surface area contributed by atoms with Crippen LogP contribution >= 0.6 is 0 Å². The number of carbonyl (C=O) groups excluding carboxylic acids is 1. The summed E-state index contributed by atoms with van der Waals surface area (Å²) in [5.74, 6) is 0.00935. The lowest BCUT2D eigenvalue weighted by molar-refractivity contribution is -0.121. The molecule has 0 fully saturated rings. The van der Waals surface area contributed by atoms with Gasteiger partial charge in [-0.2, -0.15) is 0 Å². The van der Waals surface area contributed by atoms with Crippen molar-refractivity contribution < 1.29 is 4.79 Å². The molecule has 0 aliphatic carbocycles. The van der Waals surface area contributed by atoms with Crippen LogP contribution in [0.15, 0.2) is 60.8 Å². The molecule has 0 radical (unpaired) electrons. The topological polar surface area (TPSA) is 56.9 Å². The number of H-pyrrole nitrogens is 1. The molecule has 0 bridgehead atoms. The van der Waals surface area contributed by atoms with Crippen LogP contribution in [0.3, 0.4) is 0 Å². The lowest BCUT2D eigenvalue weighted by Crippen LogP contribution is -2.38. The van der Waals surface area contributed by atoms with Crippen LogP contribution in [0.1, 0.15) is 12.5 Å². The van der Waals surface area contributed by atoms with Crippen LogP contribution < -0.4 is 10.6 Å². The second kappa shape index (κ2) is 7.01. The Hall–Kier alpha value is -2.75. The van der Waals surface area contributed by atoms with Crippen molar-refractivity contribution in [1.82, 2.24) is 10.3 Å². The maximum absolute atomic E-state index is 12.2. The summed E-state index contributed by atoms with van der Waals surface area (Å²) in [5, 5.41) is 7.35. The Bertz CT molecular complexity index is 779. The molecule has 0 unspecified atom stereocenters. The molecule has 3 aromatic rings. The van der Waals surface area contributed by atoms with E-state index in [1.807, 2.05) is 55.6 Å². The van der Waals surface area contributed by atoms with Gasteiger partial charge in [-0.3, -0.25) is 4.79 Å². The van der Waals surface area contributed by atoms with Gasteiger partial charge in [0, 0.05) is 29.3 Å². The predicted molar refractivity (Wildman–Crippen MR) is 94.5 cm³/mol. The van der Waals surface area contributed by atoms with Gasteiger partial charge in [0.15, 0.2) is 0 Å². The normalized spacial score (nSPS) is 12.0. The molecular formula is C19H21N3O. The molecule has 3 rings (SSSR count). The molecule has 23 heavy (non-hydrogen) atoms. The van der Waals surface area contributed by atoms with Crippen molar-refractivity contribution in [2.45, 2.75) is 19.4 Å². The van der Waals surface area contributed by atoms with Gasteiger partial charge >= 0.3 is 0 Å². The van der Waals surface area contributed by atoms with Gasteiger partial charge in [0.25, 0.3) is 0 Å². The summed E-state index contributed by atoms with van der Waals surface area (Å²) in [4.78, 5) is 15.3. The largest absolute Gasteiger partial charge is 0.374 e. The first-order chi connectivity index (χ1) is 11.2. The molecule has 118 valence electrons. The Morgan fingerprint density at radius 1 is 1.13 bits per heavy atom. The first-order valence-corrected chi connectivity index (χ1v) is 7.88. The van der Waals surface area contributed by atoms with Crippen LogP contribution in [-0.4, -0.2) is 23.5 Å². The zero-order valence-electron chi connectivity index (χ0n) is 13.2. The number of aromatic nitrogens is 1. The lowest BCUT2D eigenvalue weighted by atomic mass is 10.1. The van der Waals surface area contributed by atoms with E-state index in [9.17, 15) is 4.79 Å². The van der Waals surface area contributed by atoms with Gasteiger partial charge in [-0.1, -0.05) is 30.3 Å². The average Bonchev–Trinajstić information content (AvgIpc) is 3.03. The van der Waals surface area contributed by atoms with Crippen molar-refractivity contribution in [1.29, 1.82) is 0 Å². The van der Waals surface area contributed by atoms with E-state index in [0.717, 1.165) is 23.0 Å². The third-order valence-electron chi connectivity index (χ3n) is 3.89. The van der Waals surface area contributed by atoms with Crippen LogP contribution in [-0.2, 0) is 11.2 Å². The van der Waals surface area contributed by atoms with Gasteiger partial charge in [-0.15, -0.1) is 0 Å². The number of rotatable bonds is 6. The second-order valence-electron chi connectivity index (χ2n) is 5.67. The maximum Gasteiger partial charge on any atom is 0.242 e. The highest BCUT2D eigenvalue weighted by molar-refractivity contribution is 5.87. The Morgan fingerprint density at radius 2 is 1.96 bits per heavy atom. The Balaban J connectivity index is 1.50. The van der Waals surface area contributed by atoms with Gasteiger partial charge in [-0.05, 0) is 43.2 Å². The van der Waals surface area contributed by atoms with Crippen LogP contribution in [0, 0.1) is 0 Å². The van der Waals surface area contributed by atoms with Crippen LogP contribution in [0.25, 0.3) is 10.9 Å².